The zero-order valence-electron chi connectivity index (χ0n) is 17.8. The number of hydrogen-bond donors (Lipinski definition) is 4. The number of para-hydroxylation sites is 1. The fourth-order valence-electron chi connectivity index (χ4n) is 3.50. The molecule has 0 saturated carbocycles. The molecule has 172 valence electrons. The fourth-order valence-corrected chi connectivity index (χ4v) is 4.60. The Labute approximate surface area is 196 Å². The number of carbonyl (C=O) groups excluding carboxylic acids is 1. The standard InChI is InChI=1S/C26H21NO6S/c28-23-12-5-4-11-21(23)18-9-6-10-20(15-18)34(32,33)27-19-13-14-22(24(29)16-19)26(31)25(30)17-7-2-1-3-8-17/h1-16,25,27-30H. The third-order valence-electron chi connectivity index (χ3n) is 5.24. The Bertz CT molecular complexity index is 1450. The van der Waals surface area contributed by atoms with E-state index in [1.54, 1.807) is 60.7 Å². The molecule has 0 radical (unpaired) electrons. The summed E-state index contributed by atoms with van der Waals surface area (Å²) in [5, 5.41) is 30.7. The first-order chi connectivity index (χ1) is 16.3. The highest BCUT2D eigenvalue weighted by molar-refractivity contribution is 7.92. The highest BCUT2D eigenvalue weighted by Gasteiger charge is 2.23. The van der Waals surface area contributed by atoms with Crippen molar-refractivity contribution in [1.29, 1.82) is 0 Å². The van der Waals surface area contributed by atoms with Crippen molar-refractivity contribution in [2.45, 2.75) is 11.0 Å². The number of aliphatic hydroxyl groups excluding tert-OH is 1. The summed E-state index contributed by atoms with van der Waals surface area (Å²) in [6, 6.07) is 24.6. The van der Waals surface area contributed by atoms with E-state index in [9.17, 15) is 28.5 Å². The van der Waals surface area contributed by atoms with Crippen LogP contribution in [0.15, 0.2) is 102 Å². The summed E-state index contributed by atoms with van der Waals surface area (Å²) < 4.78 is 28.2. The minimum absolute atomic E-state index is 0.0212. The molecule has 0 spiro atoms. The number of benzene rings is 4. The van der Waals surface area contributed by atoms with Gasteiger partial charge in [-0.2, -0.15) is 0 Å². The number of phenols is 2. The average molecular weight is 476 g/mol. The van der Waals surface area contributed by atoms with E-state index in [-0.39, 0.29) is 21.9 Å². The Morgan fingerprint density at radius 2 is 1.47 bits per heavy atom. The molecule has 0 fully saturated rings. The molecule has 0 aromatic heterocycles. The second-order valence-electron chi connectivity index (χ2n) is 7.56. The zero-order chi connectivity index (χ0) is 24.3. The summed E-state index contributed by atoms with van der Waals surface area (Å²) in [5.41, 5.74) is 1.27. The van der Waals surface area contributed by atoms with Crippen LogP contribution in [0.4, 0.5) is 5.69 Å². The van der Waals surface area contributed by atoms with Gasteiger partial charge in [-0.1, -0.05) is 60.7 Å². The van der Waals surface area contributed by atoms with Crippen LogP contribution < -0.4 is 4.72 Å². The van der Waals surface area contributed by atoms with Gasteiger partial charge in [-0.3, -0.25) is 9.52 Å². The SMILES string of the molecule is O=C(c1ccc(NS(=O)(=O)c2cccc(-c3ccccc3O)c2)cc1O)C(O)c1ccccc1. The molecule has 4 aromatic rings. The lowest BCUT2D eigenvalue weighted by atomic mass is 9.99. The predicted octanol–water partition coefficient (Wildman–Crippen LogP) is 4.48. The number of hydrogen-bond acceptors (Lipinski definition) is 6. The van der Waals surface area contributed by atoms with Gasteiger partial charge in [0.1, 0.15) is 17.6 Å². The number of sulfonamides is 1. The Balaban J connectivity index is 1.57. The van der Waals surface area contributed by atoms with Crippen molar-refractivity contribution < 1.29 is 28.5 Å². The van der Waals surface area contributed by atoms with E-state index in [2.05, 4.69) is 4.72 Å². The van der Waals surface area contributed by atoms with Gasteiger partial charge in [-0.15, -0.1) is 0 Å². The van der Waals surface area contributed by atoms with Crippen LogP contribution in [-0.4, -0.2) is 29.5 Å². The topological polar surface area (TPSA) is 124 Å². The second kappa shape index (κ2) is 9.38. The Kier molecular flexibility index (Phi) is 6.36. The zero-order valence-corrected chi connectivity index (χ0v) is 18.6. The van der Waals surface area contributed by atoms with Gasteiger partial charge < -0.3 is 15.3 Å². The van der Waals surface area contributed by atoms with Gasteiger partial charge >= 0.3 is 0 Å². The van der Waals surface area contributed by atoms with E-state index in [0.717, 1.165) is 6.07 Å². The van der Waals surface area contributed by atoms with Gasteiger partial charge in [0.15, 0.2) is 5.78 Å². The van der Waals surface area contributed by atoms with Gasteiger partial charge in [0, 0.05) is 11.6 Å². The molecular weight excluding hydrogens is 454 g/mol. The van der Waals surface area contributed by atoms with Crippen LogP contribution in [0.25, 0.3) is 11.1 Å². The van der Waals surface area contributed by atoms with E-state index in [4.69, 9.17) is 0 Å². The summed E-state index contributed by atoms with van der Waals surface area (Å²) in [4.78, 5) is 12.6. The number of carbonyl (C=O) groups is 1. The van der Waals surface area contributed by atoms with Crippen molar-refractivity contribution in [2.75, 3.05) is 4.72 Å². The molecule has 0 amide bonds. The number of Topliss-reactive ketones (excluding diaryl/α,β-unsaturated/α-hetero) is 1. The van der Waals surface area contributed by atoms with Crippen LogP contribution >= 0.6 is 0 Å². The van der Waals surface area contributed by atoms with Gasteiger partial charge in [0.2, 0.25) is 0 Å². The van der Waals surface area contributed by atoms with Crippen LogP contribution in [-0.2, 0) is 10.0 Å². The first-order valence-corrected chi connectivity index (χ1v) is 11.8. The van der Waals surface area contributed by atoms with Crippen molar-refractivity contribution >= 4 is 21.5 Å². The Hall–Kier alpha value is -4.14. The lowest BCUT2D eigenvalue weighted by Gasteiger charge is -2.13. The van der Waals surface area contributed by atoms with Gasteiger partial charge in [-0.25, -0.2) is 8.42 Å². The van der Waals surface area contributed by atoms with Gasteiger partial charge in [0.05, 0.1) is 16.1 Å². The third kappa shape index (κ3) is 4.78. The maximum atomic E-state index is 12.9. The highest BCUT2D eigenvalue weighted by Crippen LogP contribution is 2.31. The fraction of sp³-hybridized carbons (Fsp3) is 0.0385. The minimum Gasteiger partial charge on any atom is -0.507 e. The predicted molar refractivity (Wildman–Crippen MR) is 128 cm³/mol. The molecule has 0 bridgehead atoms. The summed E-state index contributed by atoms with van der Waals surface area (Å²) >= 11 is 0. The largest absolute Gasteiger partial charge is 0.507 e. The smallest absolute Gasteiger partial charge is 0.261 e. The van der Waals surface area contributed by atoms with Crippen LogP contribution in [0.3, 0.4) is 0 Å². The van der Waals surface area contributed by atoms with Crippen molar-refractivity contribution in [3.05, 3.63) is 108 Å². The molecule has 4 aromatic carbocycles. The molecule has 34 heavy (non-hydrogen) atoms. The van der Waals surface area contributed by atoms with Gasteiger partial charge in [-0.05, 0) is 41.5 Å². The number of aliphatic hydroxyl groups is 1. The highest BCUT2D eigenvalue weighted by atomic mass is 32.2. The first-order valence-electron chi connectivity index (χ1n) is 10.3. The first kappa shape index (κ1) is 23.0. The number of ketones is 1. The van der Waals surface area contributed by atoms with Crippen molar-refractivity contribution in [1.82, 2.24) is 0 Å². The van der Waals surface area contributed by atoms with E-state index in [0.29, 0.717) is 16.7 Å². The van der Waals surface area contributed by atoms with E-state index in [1.807, 2.05) is 0 Å². The number of aromatic hydroxyl groups is 2. The quantitative estimate of drug-likeness (QED) is 0.292. The number of phenolic OH excluding ortho intramolecular Hbond substituents is 2. The molecule has 1 atom stereocenters. The Morgan fingerprint density at radius 1 is 0.765 bits per heavy atom. The summed E-state index contributed by atoms with van der Waals surface area (Å²) in [5.74, 6) is -1.16. The molecule has 4 rings (SSSR count). The van der Waals surface area contributed by atoms with Gasteiger partial charge in [0.25, 0.3) is 10.0 Å². The van der Waals surface area contributed by atoms with Crippen LogP contribution in [0.1, 0.15) is 22.0 Å². The minimum atomic E-state index is -4.04. The van der Waals surface area contributed by atoms with Crippen LogP contribution in [0, 0.1) is 0 Å². The molecule has 7 nitrogen and oxygen atoms in total. The van der Waals surface area contributed by atoms with Crippen LogP contribution in [0.2, 0.25) is 0 Å². The van der Waals surface area contributed by atoms with Crippen LogP contribution in [0.5, 0.6) is 11.5 Å². The number of rotatable bonds is 7. The lowest BCUT2D eigenvalue weighted by Crippen LogP contribution is -2.14. The monoisotopic (exact) mass is 475 g/mol. The molecule has 0 heterocycles. The molecule has 0 aliphatic rings. The summed E-state index contributed by atoms with van der Waals surface area (Å²) in [6.45, 7) is 0. The summed E-state index contributed by atoms with van der Waals surface area (Å²) in [7, 11) is -4.04. The lowest BCUT2D eigenvalue weighted by molar-refractivity contribution is 0.0744. The van der Waals surface area contributed by atoms with E-state index >= 15 is 0 Å². The maximum Gasteiger partial charge on any atom is 0.261 e. The van der Waals surface area contributed by atoms with Crippen molar-refractivity contribution in [3.8, 4) is 22.6 Å². The number of nitrogens with one attached hydrogen (secondary N) is 1. The average Bonchev–Trinajstić information content (AvgIpc) is 2.84. The molecule has 4 N–H and O–H groups in total. The normalized spacial score (nSPS) is 12.1. The molecule has 0 aliphatic heterocycles. The third-order valence-corrected chi connectivity index (χ3v) is 6.62. The molecule has 0 saturated heterocycles. The maximum absolute atomic E-state index is 12.9. The second-order valence-corrected chi connectivity index (χ2v) is 9.24. The Morgan fingerprint density at radius 3 is 2.18 bits per heavy atom. The summed E-state index contributed by atoms with van der Waals surface area (Å²) in [6.07, 6.45) is -1.47. The molecular formula is C26H21NO6S. The van der Waals surface area contributed by atoms with E-state index < -0.39 is 27.7 Å². The van der Waals surface area contributed by atoms with Crippen molar-refractivity contribution in [3.63, 3.8) is 0 Å². The molecule has 0 aliphatic carbocycles. The van der Waals surface area contributed by atoms with Crippen molar-refractivity contribution in [2.24, 2.45) is 0 Å². The molecule has 8 heteroatoms. The van der Waals surface area contributed by atoms with E-state index in [1.165, 1.54) is 30.3 Å². The number of anilines is 1. The molecule has 1 unspecified atom stereocenters.